The van der Waals surface area contributed by atoms with Crippen molar-refractivity contribution in [1.29, 1.82) is 0 Å². The highest BCUT2D eigenvalue weighted by Crippen LogP contribution is 2.28. The molecule has 20 heavy (non-hydrogen) atoms. The van der Waals surface area contributed by atoms with E-state index in [-0.39, 0.29) is 17.6 Å². The third kappa shape index (κ3) is 2.68. The van der Waals surface area contributed by atoms with E-state index in [9.17, 15) is 4.39 Å². The summed E-state index contributed by atoms with van der Waals surface area (Å²) in [5.41, 5.74) is 11.6. The summed E-state index contributed by atoms with van der Waals surface area (Å²) in [5.74, 6) is -0.153. The van der Waals surface area contributed by atoms with E-state index >= 15 is 0 Å². The smallest absolute Gasteiger partial charge is 0.165 e. The lowest BCUT2D eigenvalue weighted by molar-refractivity contribution is 0.386. The van der Waals surface area contributed by atoms with E-state index in [4.69, 9.17) is 10.5 Å². The van der Waals surface area contributed by atoms with Crippen LogP contribution >= 0.6 is 0 Å². The van der Waals surface area contributed by atoms with Gasteiger partial charge in [-0.05, 0) is 60.7 Å². The van der Waals surface area contributed by atoms with Crippen molar-refractivity contribution in [2.45, 2.75) is 26.8 Å². The molecule has 0 fully saturated rings. The Morgan fingerprint density at radius 1 is 1.00 bits per heavy atom. The standard InChI is InChI=1S/C17H20FNO/c1-10-7-12(3)14(8-11(10)2)17(19)13-5-6-16(20-4)15(18)9-13/h5-9,17H,19H2,1-4H3. The minimum Gasteiger partial charge on any atom is -0.494 e. The molecule has 0 heterocycles. The molecule has 2 aromatic carbocycles. The normalized spacial score (nSPS) is 12.3. The zero-order valence-electron chi connectivity index (χ0n) is 12.3. The molecule has 2 rings (SSSR count). The maximum Gasteiger partial charge on any atom is 0.165 e. The number of nitrogens with two attached hydrogens (primary N) is 1. The van der Waals surface area contributed by atoms with Crippen molar-refractivity contribution in [3.8, 4) is 5.75 Å². The van der Waals surface area contributed by atoms with Gasteiger partial charge in [-0.15, -0.1) is 0 Å². The van der Waals surface area contributed by atoms with E-state index in [1.54, 1.807) is 12.1 Å². The highest BCUT2D eigenvalue weighted by atomic mass is 19.1. The zero-order chi connectivity index (χ0) is 14.9. The van der Waals surface area contributed by atoms with E-state index in [2.05, 4.69) is 26.0 Å². The molecule has 2 N–H and O–H groups in total. The first-order chi connectivity index (χ1) is 9.43. The molecule has 0 radical (unpaired) electrons. The largest absolute Gasteiger partial charge is 0.494 e. The quantitative estimate of drug-likeness (QED) is 0.923. The Bertz CT molecular complexity index is 637. The van der Waals surface area contributed by atoms with Gasteiger partial charge in [-0.25, -0.2) is 4.39 Å². The molecule has 1 unspecified atom stereocenters. The Labute approximate surface area is 119 Å². The Morgan fingerprint density at radius 3 is 2.25 bits per heavy atom. The second kappa shape index (κ2) is 5.63. The van der Waals surface area contributed by atoms with Gasteiger partial charge in [0, 0.05) is 0 Å². The first kappa shape index (κ1) is 14.5. The van der Waals surface area contributed by atoms with Gasteiger partial charge in [-0.3, -0.25) is 0 Å². The average molecular weight is 273 g/mol. The van der Waals surface area contributed by atoms with E-state index in [0.29, 0.717) is 0 Å². The van der Waals surface area contributed by atoms with Crippen molar-refractivity contribution in [3.05, 3.63) is 64.0 Å². The Morgan fingerprint density at radius 2 is 1.65 bits per heavy atom. The molecular weight excluding hydrogens is 253 g/mol. The molecule has 2 aromatic rings. The summed E-state index contributed by atoms with van der Waals surface area (Å²) in [6.45, 7) is 6.16. The molecule has 0 aliphatic carbocycles. The summed E-state index contributed by atoms with van der Waals surface area (Å²) in [6, 6.07) is 8.72. The maximum absolute atomic E-state index is 13.8. The summed E-state index contributed by atoms with van der Waals surface area (Å²) < 4.78 is 18.7. The van der Waals surface area contributed by atoms with Gasteiger partial charge in [0.25, 0.3) is 0 Å². The van der Waals surface area contributed by atoms with Crippen LogP contribution < -0.4 is 10.5 Å². The Kier molecular flexibility index (Phi) is 4.09. The summed E-state index contributed by atoms with van der Waals surface area (Å²) in [4.78, 5) is 0. The molecule has 106 valence electrons. The third-order valence-corrected chi connectivity index (χ3v) is 3.75. The lowest BCUT2D eigenvalue weighted by atomic mass is 9.92. The molecule has 0 aliphatic rings. The highest BCUT2D eigenvalue weighted by molar-refractivity contribution is 5.43. The van der Waals surface area contributed by atoms with Gasteiger partial charge in [0.05, 0.1) is 13.2 Å². The van der Waals surface area contributed by atoms with Crippen LogP contribution in [0.15, 0.2) is 30.3 Å². The van der Waals surface area contributed by atoms with Crippen molar-refractivity contribution >= 4 is 0 Å². The third-order valence-electron chi connectivity index (χ3n) is 3.75. The fraction of sp³-hybridized carbons (Fsp3) is 0.294. The molecule has 0 spiro atoms. The number of hydrogen-bond acceptors (Lipinski definition) is 2. The molecule has 0 bridgehead atoms. The van der Waals surface area contributed by atoms with Gasteiger partial charge in [-0.2, -0.15) is 0 Å². The molecule has 0 saturated heterocycles. The number of benzene rings is 2. The van der Waals surface area contributed by atoms with Crippen LogP contribution in [0.3, 0.4) is 0 Å². The SMILES string of the molecule is COc1ccc(C(N)c2cc(C)c(C)cc2C)cc1F. The molecule has 1 atom stereocenters. The number of methoxy groups -OCH3 is 1. The van der Waals surface area contributed by atoms with Gasteiger partial charge in [0.1, 0.15) is 0 Å². The zero-order valence-corrected chi connectivity index (χ0v) is 12.3. The van der Waals surface area contributed by atoms with Crippen LogP contribution in [0.4, 0.5) is 4.39 Å². The maximum atomic E-state index is 13.8. The van der Waals surface area contributed by atoms with Crippen molar-refractivity contribution < 1.29 is 9.13 Å². The van der Waals surface area contributed by atoms with Gasteiger partial charge in [0.2, 0.25) is 0 Å². The number of rotatable bonds is 3. The van der Waals surface area contributed by atoms with E-state index < -0.39 is 0 Å². The van der Waals surface area contributed by atoms with Crippen molar-refractivity contribution in [2.24, 2.45) is 5.73 Å². The molecule has 3 heteroatoms. The second-order valence-corrected chi connectivity index (χ2v) is 5.16. The predicted octanol–water partition coefficient (Wildman–Crippen LogP) is 3.81. The fourth-order valence-corrected chi connectivity index (χ4v) is 2.37. The molecule has 0 aliphatic heterocycles. The fourth-order valence-electron chi connectivity index (χ4n) is 2.37. The summed E-state index contributed by atoms with van der Waals surface area (Å²) >= 11 is 0. The van der Waals surface area contributed by atoms with Crippen molar-refractivity contribution in [3.63, 3.8) is 0 Å². The predicted molar refractivity (Wildman–Crippen MR) is 79.6 cm³/mol. The van der Waals surface area contributed by atoms with E-state index in [0.717, 1.165) is 16.7 Å². The van der Waals surface area contributed by atoms with Crippen LogP contribution in [0, 0.1) is 26.6 Å². The molecule has 0 saturated carbocycles. The first-order valence-corrected chi connectivity index (χ1v) is 6.60. The van der Waals surface area contributed by atoms with Gasteiger partial charge in [0.15, 0.2) is 11.6 Å². The number of halogens is 1. The van der Waals surface area contributed by atoms with Gasteiger partial charge >= 0.3 is 0 Å². The molecule has 2 nitrogen and oxygen atoms in total. The number of ether oxygens (including phenoxy) is 1. The van der Waals surface area contributed by atoms with E-state index in [1.165, 1.54) is 24.3 Å². The van der Waals surface area contributed by atoms with E-state index in [1.807, 2.05) is 6.92 Å². The first-order valence-electron chi connectivity index (χ1n) is 6.60. The lowest BCUT2D eigenvalue weighted by Gasteiger charge is -2.18. The number of aryl methyl sites for hydroxylation is 3. The van der Waals surface area contributed by atoms with Crippen LogP contribution in [0.1, 0.15) is 33.9 Å². The van der Waals surface area contributed by atoms with Crippen LogP contribution in [-0.4, -0.2) is 7.11 Å². The molecule has 0 amide bonds. The average Bonchev–Trinajstić information content (AvgIpc) is 2.42. The van der Waals surface area contributed by atoms with Crippen LogP contribution in [0.25, 0.3) is 0 Å². The monoisotopic (exact) mass is 273 g/mol. The minimum atomic E-state index is -0.387. The summed E-state index contributed by atoms with van der Waals surface area (Å²) in [6.07, 6.45) is 0. The van der Waals surface area contributed by atoms with Gasteiger partial charge in [-0.1, -0.05) is 18.2 Å². The lowest BCUT2D eigenvalue weighted by Crippen LogP contribution is -2.14. The van der Waals surface area contributed by atoms with Crippen LogP contribution in [0.2, 0.25) is 0 Å². The number of hydrogen-bond donors (Lipinski definition) is 1. The molecular formula is C17H20FNO. The van der Waals surface area contributed by atoms with Crippen LogP contribution in [-0.2, 0) is 0 Å². The topological polar surface area (TPSA) is 35.2 Å². The second-order valence-electron chi connectivity index (χ2n) is 5.16. The minimum absolute atomic E-state index is 0.234. The Balaban J connectivity index is 2.43. The Hall–Kier alpha value is -1.87. The summed E-state index contributed by atoms with van der Waals surface area (Å²) in [5, 5.41) is 0. The van der Waals surface area contributed by atoms with Crippen LogP contribution in [0.5, 0.6) is 5.75 Å². The summed E-state index contributed by atoms with van der Waals surface area (Å²) in [7, 11) is 1.45. The van der Waals surface area contributed by atoms with Crippen molar-refractivity contribution in [1.82, 2.24) is 0 Å². The van der Waals surface area contributed by atoms with Crippen molar-refractivity contribution in [2.75, 3.05) is 7.11 Å². The highest BCUT2D eigenvalue weighted by Gasteiger charge is 2.15. The molecule has 0 aromatic heterocycles. The van der Waals surface area contributed by atoms with Gasteiger partial charge < -0.3 is 10.5 Å².